The van der Waals surface area contributed by atoms with Crippen LogP contribution in [0.1, 0.15) is 32.8 Å². The lowest BCUT2D eigenvalue weighted by molar-refractivity contribution is 0.212. The normalized spacial score (nSPS) is 24.8. The van der Waals surface area contributed by atoms with Gasteiger partial charge >= 0.3 is 0 Å². The molecule has 24 heavy (non-hydrogen) atoms. The highest BCUT2D eigenvalue weighted by Gasteiger charge is 2.36. The summed E-state index contributed by atoms with van der Waals surface area (Å²) in [5.41, 5.74) is 3.69. The predicted molar refractivity (Wildman–Crippen MR) is 99.5 cm³/mol. The maximum absolute atomic E-state index is 5.37. The third-order valence-corrected chi connectivity index (χ3v) is 4.71. The second-order valence-electron chi connectivity index (χ2n) is 6.17. The van der Waals surface area contributed by atoms with Gasteiger partial charge in [0.25, 0.3) is 0 Å². The van der Waals surface area contributed by atoms with Crippen LogP contribution in [0, 0.1) is 5.92 Å². The van der Waals surface area contributed by atoms with E-state index in [1.807, 2.05) is 19.1 Å². The summed E-state index contributed by atoms with van der Waals surface area (Å²) in [6.45, 7) is 8.01. The van der Waals surface area contributed by atoms with Crippen LogP contribution in [0.5, 0.6) is 5.75 Å². The average molecular weight is 326 g/mol. The van der Waals surface area contributed by atoms with Crippen LogP contribution in [0.15, 0.2) is 40.5 Å². The molecule has 2 unspecified atom stereocenters. The molecule has 2 heterocycles. The van der Waals surface area contributed by atoms with Crippen molar-refractivity contribution in [2.75, 3.05) is 20.2 Å². The van der Waals surface area contributed by atoms with Crippen LogP contribution in [0.4, 0.5) is 0 Å². The molecule has 0 spiro atoms. The van der Waals surface area contributed by atoms with E-state index < -0.39 is 0 Å². The van der Waals surface area contributed by atoms with Crippen LogP contribution in [0.25, 0.3) is 5.57 Å². The van der Waals surface area contributed by atoms with Crippen molar-refractivity contribution in [3.63, 3.8) is 0 Å². The van der Waals surface area contributed by atoms with Crippen molar-refractivity contribution in [1.29, 1.82) is 0 Å². The van der Waals surface area contributed by atoms with Gasteiger partial charge in [-0.1, -0.05) is 12.1 Å². The second kappa shape index (κ2) is 7.07. The molecule has 1 aromatic rings. The smallest absolute Gasteiger partial charge is 0.219 e. The standard InChI is InChI=1S/C19H26N4O/c1-5-20-19-21-13(3)17-11-15(12-23(6-2)18(17)22-19)14-8-7-9-16(10-14)24-4/h7-10,12,17-18H,5-6,11H2,1-4H3,(H,20,22). The first-order valence-corrected chi connectivity index (χ1v) is 8.63. The molecule has 0 amide bonds. The van der Waals surface area contributed by atoms with Crippen LogP contribution in [-0.2, 0) is 0 Å². The molecule has 0 saturated carbocycles. The molecule has 0 aromatic heterocycles. The van der Waals surface area contributed by atoms with Gasteiger partial charge in [0.15, 0.2) is 0 Å². The fourth-order valence-electron chi connectivity index (χ4n) is 3.42. The lowest BCUT2D eigenvalue weighted by Crippen LogP contribution is -2.56. The number of hydrogen-bond donors (Lipinski definition) is 1. The Bertz CT molecular complexity index is 692. The zero-order chi connectivity index (χ0) is 17.1. The molecule has 3 rings (SSSR count). The molecule has 0 aliphatic carbocycles. The van der Waals surface area contributed by atoms with Crippen LogP contribution in [0.2, 0.25) is 0 Å². The molecule has 2 aliphatic rings. The van der Waals surface area contributed by atoms with Crippen molar-refractivity contribution in [1.82, 2.24) is 10.2 Å². The van der Waals surface area contributed by atoms with Crippen molar-refractivity contribution >= 4 is 17.2 Å². The first-order valence-electron chi connectivity index (χ1n) is 8.63. The van der Waals surface area contributed by atoms with Crippen molar-refractivity contribution in [3.8, 4) is 5.75 Å². The fraction of sp³-hybridized carbons (Fsp3) is 0.474. The van der Waals surface area contributed by atoms with Gasteiger partial charge in [-0.2, -0.15) is 0 Å². The number of aliphatic imine (C=N–C) groups is 2. The minimum absolute atomic E-state index is 0.229. The highest BCUT2D eigenvalue weighted by molar-refractivity contribution is 6.01. The number of allylic oxidation sites excluding steroid dienone is 1. The van der Waals surface area contributed by atoms with Gasteiger partial charge in [-0.25, -0.2) is 4.99 Å². The SMILES string of the molecule is CCN=C1N=C(C)C2CC(c3cccc(OC)c3)=CN(CC)C2N1. The van der Waals surface area contributed by atoms with Gasteiger partial charge in [0.1, 0.15) is 11.9 Å². The minimum atomic E-state index is 0.229. The summed E-state index contributed by atoms with van der Waals surface area (Å²) in [6.07, 6.45) is 3.47. The zero-order valence-corrected chi connectivity index (χ0v) is 14.9. The number of fused-ring (bicyclic) bond motifs is 1. The van der Waals surface area contributed by atoms with Crippen LogP contribution in [0.3, 0.4) is 0 Å². The molecule has 2 atom stereocenters. The molecule has 2 aliphatic heterocycles. The van der Waals surface area contributed by atoms with Gasteiger partial charge in [0, 0.05) is 30.9 Å². The summed E-state index contributed by atoms with van der Waals surface area (Å²) in [5.74, 6) is 2.00. The number of nitrogens with one attached hydrogen (secondary N) is 1. The average Bonchev–Trinajstić information content (AvgIpc) is 2.61. The monoisotopic (exact) mass is 326 g/mol. The molecule has 0 radical (unpaired) electrons. The lowest BCUT2D eigenvalue weighted by Gasteiger charge is -2.43. The van der Waals surface area contributed by atoms with Gasteiger partial charge in [0.05, 0.1) is 7.11 Å². The van der Waals surface area contributed by atoms with Gasteiger partial charge in [-0.05, 0) is 50.5 Å². The number of guanidine groups is 1. The van der Waals surface area contributed by atoms with E-state index in [9.17, 15) is 0 Å². The molecule has 5 nitrogen and oxygen atoms in total. The van der Waals surface area contributed by atoms with E-state index in [0.29, 0.717) is 5.92 Å². The summed E-state index contributed by atoms with van der Waals surface area (Å²) in [6, 6.07) is 8.28. The van der Waals surface area contributed by atoms with Crippen molar-refractivity contribution in [2.24, 2.45) is 15.9 Å². The predicted octanol–water partition coefficient (Wildman–Crippen LogP) is 3.14. The Hall–Kier alpha value is -2.30. The third-order valence-electron chi connectivity index (χ3n) is 4.71. The number of methoxy groups -OCH3 is 1. The molecular weight excluding hydrogens is 300 g/mol. The van der Waals surface area contributed by atoms with Crippen LogP contribution >= 0.6 is 0 Å². The highest BCUT2D eigenvalue weighted by atomic mass is 16.5. The Morgan fingerprint density at radius 1 is 1.38 bits per heavy atom. The number of benzene rings is 1. The number of nitrogens with zero attached hydrogens (tertiary/aromatic N) is 3. The van der Waals surface area contributed by atoms with E-state index >= 15 is 0 Å². The van der Waals surface area contributed by atoms with Crippen LogP contribution in [-0.4, -0.2) is 42.9 Å². The number of ether oxygens (including phenoxy) is 1. The van der Waals surface area contributed by atoms with Crippen LogP contribution < -0.4 is 10.1 Å². The first kappa shape index (κ1) is 16.6. The quantitative estimate of drug-likeness (QED) is 0.925. The Kier molecular flexibility index (Phi) is 4.88. The van der Waals surface area contributed by atoms with E-state index in [1.54, 1.807) is 7.11 Å². The van der Waals surface area contributed by atoms with Gasteiger partial charge in [-0.3, -0.25) is 4.99 Å². The summed E-state index contributed by atoms with van der Waals surface area (Å²) in [5, 5.41) is 3.50. The molecule has 0 saturated heterocycles. The first-order chi connectivity index (χ1) is 11.7. The molecule has 0 fully saturated rings. The highest BCUT2D eigenvalue weighted by Crippen LogP contribution is 2.34. The Morgan fingerprint density at radius 2 is 2.21 bits per heavy atom. The maximum Gasteiger partial charge on any atom is 0.219 e. The largest absolute Gasteiger partial charge is 0.497 e. The molecule has 0 bridgehead atoms. The van der Waals surface area contributed by atoms with E-state index in [2.05, 4.69) is 52.4 Å². The molecule has 1 aromatic carbocycles. The molecule has 5 heteroatoms. The molecule has 128 valence electrons. The second-order valence-corrected chi connectivity index (χ2v) is 6.17. The molecule has 1 N–H and O–H groups in total. The Balaban J connectivity index is 1.94. The lowest BCUT2D eigenvalue weighted by atomic mass is 9.85. The molecular formula is C19H26N4O. The van der Waals surface area contributed by atoms with Gasteiger partial charge < -0.3 is 15.0 Å². The van der Waals surface area contributed by atoms with Crippen molar-refractivity contribution in [3.05, 3.63) is 36.0 Å². The Labute approximate surface area is 144 Å². The summed E-state index contributed by atoms with van der Waals surface area (Å²) >= 11 is 0. The van der Waals surface area contributed by atoms with E-state index in [0.717, 1.165) is 36.9 Å². The van der Waals surface area contributed by atoms with E-state index in [1.165, 1.54) is 11.1 Å². The summed E-state index contributed by atoms with van der Waals surface area (Å²) in [4.78, 5) is 11.5. The number of rotatable bonds is 4. The van der Waals surface area contributed by atoms with Gasteiger partial charge in [-0.15, -0.1) is 0 Å². The van der Waals surface area contributed by atoms with Gasteiger partial charge in [0.2, 0.25) is 5.96 Å². The van der Waals surface area contributed by atoms with E-state index in [-0.39, 0.29) is 6.17 Å². The topological polar surface area (TPSA) is 49.2 Å². The zero-order valence-electron chi connectivity index (χ0n) is 14.9. The summed E-state index contributed by atoms with van der Waals surface area (Å²) < 4.78 is 5.37. The van der Waals surface area contributed by atoms with Crippen molar-refractivity contribution < 1.29 is 4.74 Å². The Morgan fingerprint density at radius 3 is 2.92 bits per heavy atom. The summed E-state index contributed by atoms with van der Waals surface area (Å²) in [7, 11) is 1.71. The van der Waals surface area contributed by atoms with E-state index in [4.69, 9.17) is 4.74 Å². The maximum atomic E-state index is 5.37. The van der Waals surface area contributed by atoms with Crippen molar-refractivity contribution in [2.45, 2.75) is 33.4 Å². The number of hydrogen-bond acceptors (Lipinski definition) is 3. The third kappa shape index (κ3) is 3.16. The fourth-order valence-corrected chi connectivity index (χ4v) is 3.42. The minimum Gasteiger partial charge on any atom is -0.497 e.